The second-order valence-corrected chi connectivity index (χ2v) is 6.96. The number of nitrogens with one attached hydrogen (secondary N) is 2. The zero-order chi connectivity index (χ0) is 18.4. The lowest BCUT2D eigenvalue weighted by atomic mass is 10.2. The molecule has 0 aromatic heterocycles. The summed E-state index contributed by atoms with van der Waals surface area (Å²) in [6.45, 7) is 3.82. The minimum absolute atomic E-state index is 0.116. The monoisotopic (exact) mass is 366 g/mol. The Balaban J connectivity index is 2.00. The Labute approximate surface area is 146 Å². The molecule has 2 aromatic rings. The van der Waals surface area contributed by atoms with Gasteiger partial charge in [0, 0.05) is 5.69 Å². The van der Waals surface area contributed by atoms with E-state index in [9.17, 15) is 17.6 Å². The third-order valence-electron chi connectivity index (χ3n) is 3.28. The van der Waals surface area contributed by atoms with Crippen molar-refractivity contribution in [2.75, 3.05) is 11.9 Å². The molecule has 1 amide bonds. The molecule has 2 rings (SSSR count). The number of hydrogen-bond acceptors (Lipinski definition) is 4. The average molecular weight is 366 g/mol. The van der Waals surface area contributed by atoms with E-state index in [1.807, 2.05) is 6.92 Å². The van der Waals surface area contributed by atoms with E-state index in [1.54, 1.807) is 24.3 Å². The molecule has 0 heterocycles. The van der Waals surface area contributed by atoms with Crippen LogP contribution in [0, 0.1) is 5.82 Å². The first kappa shape index (κ1) is 18.9. The Kier molecular flexibility index (Phi) is 6.11. The molecule has 0 spiro atoms. The molecular weight excluding hydrogens is 347 g/mol. The highest BCUT2D eigenvalue weighted by molar-refractivity contribution is 7.89. The Hall–Kier alpha value is -2.45. The molecule has 2 aromatic carbocycles. The highest BCUT2D eigenvalue weighted by Gasteiger charge is 2.22. The van der Waals surface area contributed by atoms with Gasteiger partial charge in [0.25, 0.3) is 0 Å². The van der Waals surface area contributed by atoms with Gasteiger partial charge in [0.1, 0.15) is 11.6 Å². The van der Waals surface area contributed by atoms with Crippen molar-refractivity contribution >= 4 is 21.6 Å². The fraction of sp³-hybridized carbons (Fsp3) is 0.235. The molecule has 0 bridgehead atoms. The van der Waals surface area contributed by atoms with Crippen LogP contribution >= 0.6 is 0 Å². The number of rotatable bonds is 7. The molecule has 0 saturated heterocycles. The lowest BCUT2D eigenvalue weighted by Crippen LogP contribution is -2.41. The first-order valence-corrected chi connectivity index (χ1v) is 9.12. The Morgan fingerprint density at radius 1 is 1.12 bits per heavy atom. The number of anilines is 1. The molecule has 0 saturated carbocycles. The van der Waals surface area contributed by atoms with Crippen LogP contribution in [0.2, 0.25) is 0 Å². The van der Waals surface area contributed by atoms with Crippen LogP contribution in [0.15, 0.2) is 53.4 Å². The van der Waals surface area contributed by atoms with Gasteiger partial charge in [0.15, 0.2) is 0 Å². The maximum atomic E-state index is 12.9. The zero-order valence-electron chi connectivity index (χ0n) is 13.8. The maximum Gasteiger partial charge on any atom is 0.242 e. The minimum atomic E-state index is -3.93. The molecule has 0 fully saturated rings. The van der Waals surface area contributed by atoms with Crippen molar-refractivity contribution < 1.29 is 22.3 Å². The van der Waals surface area contributed by atoms with E-state index in [2.05, 4.69) is 10.0 Å². The molecule has 2 N–H and O–H groups in total. The van der Waals surface area contributed by atoms with Gasteiger partial charge in [-0.15, -0.1) is 0 Å². The van der Waals surface area contributed by atoms with Crippen LogP contribution in [0.5, 0.6) is 5.75 Å². The summed E-state index contributed by atoms with van der Waals surface area (Å²) < 4.78 is 44.9. The van der Waals surface area contributed by atoms with Crippen LogP contribution in [0.25, 0.3) is 0 Å². The van der Waals surface area contributed by atoms with Crippen LogP contribution in [0.1, 0.15) is 13.8 Å². The molecule has 1 atom stereocenters. The summed E-state index contributed by atoms with van der Waals surface area (Å²) in [6.07, 6.45) is 0. The van der Waals surface area contributed by atoms with Crippen molar-refractivity contribution in [3.05, 3.63) is 54.3 Å². The lowest BCUT2D eigenvalue weighted by Gasteiger charge is -2.15. The number of carbonyl (C=O) groups is 1. The van der Waals surface area contributed by atoms with Crippen LogP contribution in [0.4, 0.5) is 10.1 Å². The molecule has 0 aliphatic carbocycles. The van der Waals surface area contributed by atoms with Crippen LogP contribution < -0.4 is 14.8 Å². The standard InChI is InChI=1S/C17H19FN2O4S/c1-3-24-15-8-6-14(7-9-15)19-17(21)12(2)20-25(22,23)16-10-4-13(18)5-11-16/h4-12,20H,3H2,1-2H3,(H,19,21). The largest absolute Gasteiger partial charge is 0.494 e. The van der Waals surface area contributed by atoms with Crippen molar-refractivity contribution in [3.8, 4) is 5.75 Å². The number of amides is 1. The molecular formula is C17H19FN2O4S. The maximum absolute atomic E-state index is 12.9. The third-order valence-corrected chi connectivity index (χ3v) is 4.84. The fourth-order valence-corrected chi connectivity index (χ4v) is 3.22. The van der Waals surface area contributed by atoms with Gasteiger partial charge >= 0.3 is 0 Å². The average Bonchev–Trinajstić information content (AvgIpc) is 2.57. The van der Waals surface area contributed by atoms with Gasteiger partial charge in [-0.2, -0.15) is 4.72 Å². The highest BCUT2D eigenvalue weighted by atomic mass is 32.2. The molecule has 134 valence electrons. The molecule has 8 heteroatoms. The third kappa shape index (κ3) is 5.27. The molecule has 25 heavy (non-hydrogen) atoms. The molecule has 0 aliphatic heterocycles. The van der Waals surface area contributed by atoms with Gasteiger partial charge in [-0.25, -0.2) is 12.8 Å². The van der Waals surface area contributed by atoms with Crippen LogP contribution in [-0.4, -0.2) is 27.0 Å². The van der Waals surface area contributed by atoms with Gasteiger partial charge in [-0.1, -0.05) is 0 Å². The Morgan fingerprint density at radius 2 is 1.72 bits per heavy atom. The number of halogens is 1. The second-order valence-electron chi connectivity index (χ2n) is 5.24. The van der Waals surface area contributed by atoms with E-state index in [0.717, 1.165) is 24.3 Å². The lowest BCUT2D eigenvalue weighted by molar-refractivity contribution is -0.117. The van der Waals surface area contributed by atoms with E-state index < -0.39 is 27.8 Å². The van der Waals surface area contributed by atoms with E-state index in [4.69, 9.17) is 4.74 Å². The van der Waals surface area contributed by atoms with Gasteiger partial charge in [-0.3, -0.25) is 4.79 Å². The second kappa shape index (κ2) is 8.09. The summed E-state index contributed by atoms with van der Waals surface area (Å²) in [4.78, 5) is 12.0. The quantitative estimate of drug-likeness (QED) is 0.789. The van der Waals surface area contributed by atoms with E-state index in [0.29, 0.717) is 18.0 Å². The molecule has 0 aliphatic rings. The first-order chi connectivity index (χ1) is 11.8. The van der Waals surface area contributed by atoms with Gasteiger partial charge < -0.3 is 10.1 Å². The number of benzene rings is 2. The van der Waals surface area contributed by atoms with Crippen molar-refractivity contribution in [2.24, 2.45) is 0 Å². The van der Waals surface area contributed by atoms with E-state index in [-0.39, 0.29) is 4.90 Å². The normalized spacial score (nSPS) is 12.4. The van der Waals surface area contributed by atoms with Crippen molar-refractivity contribution in [3.63, 3.8) is 0 Å². The Bertz CT molecular complexity index is 821. The summed E-state index contributed by atoms with van der Waals surface area (Å²) in [5, 5.41) is 2.61. The van der Waals surface area contributed by atoms with Crippen LogP contribution in [-0.2, 0) is 14.8 Å². The number of carbonyl (C=O) groups excluding carboxylic acids is 1. The van der Waals surface area contributed by atoms with Crippen molar-refractivity contribution in [2.45, 2.75) is 24.8 Å². The summed E-state index contributed by atoms with van der Waals surface area (Å²) >= 11 is 0. The van der Waals surface area contributed by atoms with Crippen molar-refractivity contribution in [1.29, 1.82) is 0 Å². The summed E-state index contributed by atoms with van der Waals surface area (Å²) in [5.74, 6) is -0.388. The topological polar surface area (TPSA) is 84.5 Å². The minimum Gasteiger partial charge on any atom is -0.494 e. The SMILES string of the molecule is CCOc1ccc(NC(=O)C(C)NS(=O)(=O)c2ccc(F)cc2)cc1. The smallest absolute Gasteiger partial charge is 0.242 e. The van der Waals surface area contributed by atoms with Crippen molar-refractivity contribution in [1.82, 2.24) is 4.72 Å². The highest BCUT2D eigenvalue weighted by Crippen LogP contribution is 2.16. The molecule has 1 unspecified atom stereocenters. The van der Waals surface area contributed by atoms with Crippen LogP contribution in [0.3, 0.4) is 0 Å². The molecule has 6 nitrogen and oxygen atoms in total. The predicted octanol–water partition coefficient (Wildman–Crippen LogP) is 2.53. The number of ether oxygens (including phenoxy) is 1. The number of hydrogen-bond donors (Lipinski definition) is 2. The zero-order valence-corrected chi connectivity index (χ0v) is 14.6. The van der Waals surface area contributed by atoms with E-state index >= 15 is 0 Å². The number of sulfonamides is 1. The first-order valence-electron chi connectivity index (χ1n) is 7.63. The van der Waals surface area contributed by atoms with Gasteiger partial charge in [0.2, 0.25) is 15.9 Å². The molecule has 0 radical (unpaired) electrons. The predicted molar refractivity (Wildman–Crippen MR) is 92.4 cm³/mol. The van der Waals surface area contributed by atoms with Gasteiger partial charge in [0.05, 0.1) is 17.5 Å². The summed E-state index contributed by atoms with van der Waals surface area (Å²) in [6, 6.07) is 10.1. The fourth-order valence-electron chi connectivity index (χ4n) is 2.02. The van der Waals surface area contributed by atoms with E-state index in [1.165, 1.54) is 6.92 Å². The summed E-state index contributed by atoms with van der Waals surface area (Å²) in [5.41, 5.74) is 0.515. The summed E-state index contributed by atoms with van der Waals surface area (Å²) in [7, 11) is -3.93. The van der Waals surface area contributed by atoms with Gasteiger partial charge in [-0.05, 0) is 62.4 Å². The Morgan fingerprint density at radius 3 is 2.28 bits per heavy atom.